The molecule has 1 aromatic carbocycles. The summed E-state index contributed by atoms with van der Waals surface area (Å²) in [4.78, 5) is 12.1. The Morgan fingerprint density at radius 1 is 1.25 bits per heavy atom. The quantitative estimate of drug-likeness (QED) is 0.858. The van der Waals surface area contributed by atoms with Crippen molar-refractivity contribution < 1.29 is 13.2 Å². The van der Waals surface area contributed by atoms with E-state index >= 15 is 0 Å². The molecule has 2 rings (SSSR count). The molecule has 7 heteroatoms. The van der Waals surface area contributed by atoms with Gasteiger partial charge in [-0.05, 0) is 43.5 Å². The van der Waals surface area contributed by atoms with Crippen LogP contribution >= 0.6 is 0 Å². The summed E-state index contributed by atoms with van der Waals surface area (Å²) in [7, 11) is -0.504. The number of hydrogen-bond acceptors (Lipinski definition) is 4. The van der Waals surface area contributed by atoms with Gasteiger partial charge < -0.3 is 11.1 Å². The first-order valence-electron chi connectivity index (χ1n) is 6.39. The van der Waals surface area contributed by atoms with Crippen molar-refractivity contribution in [2.75, 3.05) is 19.4 Å². The summed E-state index contributed by atoms with van der Waals surface area (Å²) in [5.74, 6) is -0.216. The first kappa shape index (κ1) is 15.0. The van der Waals surface area contributed by atoms with E-state index in [1.807, 2.05) is 0 Å². The molecule has 0 bridgehead atoms. The molecular weight excluding hydrogens is 278 g/mol. The topological polar surface area (TPSA) is 92.5 Å². The van der Waals surface area contributed by atoms with Gasteiger partial charge in [0.25, 0.3) is 0 Å². The lowest BCUT2D eigenvalue weighted by Gasteiger charge is -2.36. The zero-order chi connectivity index (χ0) is 15.0. The van der Waals surface area contributed by atoms with Crippen LogP contribution in [0.4, 0.5) is 5.69 Å². The van der Waals surface area contributed by atoms with Crippen LogP contribution in [0, 0.1) is 0 Å². The number of rotatable bonds is 4. The molecule has 0 unspecified atom stereocenters. The van der Waals surface area contributed by atoms with Crippen molar-refractivity contribution in [3.8, 4) is 0 Å². The van der Waals surface area contributed by atoms with Crippen molar-refractivity contribution in [2.45, 2.75) is 29.7 Å². The SMILES string of the molecule is CN(C)S(=O)(=O)c1ccc(NC(=O)C2(N)CCC2)cc1. The maximum Gasteiger partial charge on any atom is 0.244 e. The van der Waals surface area contributed by atoms with Gasteiger partial charge in [-0.15, -0.1) is 0 Å². The van der Waals surface area contributed by atoms with Gasteiger partial charge in [-0.2, -0.15) is 0 Å². The van der Waals surface area contributed by atoms with Gasteiger partial charge in [0.05, 0.1) is 10.4 Å². The molecule has 0 heterocycles. The Kier molecular flexibility index (Phi) is 3.86. The summed E-state index contributed by atoms with van der Waals surface area (Å²) in [6.07, 6.45) is 2.34. The highest BCUT2D eigenvalue weighted by molar-refractivity contribution is 7.89. The molecule has 6 nitrogen and oxygen atoms in total. The van der Waals surface area contributed by atoms with Gasteiger partial charge in [0.1, 0.15) is 0 Å². The highest BCUT2D eigenvalue weighted by atomic mass is 32.2. The molecule has 0 aromatic heterocycles. The van der Waals surface area contributed by atoms with Gasteiger partial charge in [0.2, 0.25) is 15.9 Å². The van der Waals surface area contributed by atoms with Crippen LogP contribution in [0.3, 0.4) is 0 Å². The van der Waals surface area contributed by atoms with Crippen LogP contribution in [-0.2, 0) is 14.8 Å². The Labute approximate surface area is 119 Å². The summed E-state index contributed by atoms with van der Waals surface area (Å²) >= 11 is 0. The van der Waals surface area contributed by atoms with Crippen molar-refractivity contribution in [1.82, 2.24) is 4.31 Å². The number of carbonyl (C=O) groups is 1. The molecule has 1 aliphatic carbocycles. The Bertz CT molecular complexity index is 604. The van der Waals surface area contributed by atoms with Crippen LogP contribution in [0.25, 0.3) is 0 Å². The number of benzene rings is 1. The zero-order valence-corrected chi connectivity index (χ0v) is 12.4. The molecule has 0 spiro atoms. The third kappa shape index (κ3) is 2.70. The molecule has 0 saturated heterocycles. The molecule has 1 aliphatic rings. The van der Waals surface area contributed by atoms with Crippen LogP contribution in [0.2, 0.25) is 0 Å². The van der Waals surface area contributed by atoms with Crippen molar-refractivity contribution >= 4 is 21.6 Å². The van der Waals surface area contributed by atoms with Crippen molar-refractivity contribution in [2.24, 2.45) is 5.73 Å². The number of hydrogen-bond donors (Lipinski definition) is 2. The normalized spacial score (nSPS) is 17.6. The Hall–Kier alpha value is -1.44. The second-order valence-corrected chi connectivity index (χ2v) is 7.43. The second-order valence-electron chi connectivity index (χ2n) is 5.28. The first-order valence-corrected chi connectivity index (χ1v) is 7.83. The number of nitrogens with two attached hydrogens (primary N) is 1. The van der Waals surface area contributed by atoms with Crippen LogP contribution in [0.15, 0.2) is 29.2 Å². The van der Waals surface area contributed by atoms with Crippen molar-refractivity contribution in [3.63, 3.8) is 0 Å². The molecule has 1 amide bonds. The van der Waals surface area contributed by atoms with Gasteiger partial charge in [0.15, 0.2) is 0 Å². The maximum absolute atomic E-state index is 11.9. The average molecular weight is 297 g/mol. The highest BCUT2D eigenvalue weighted by Gasteiger charge is 2.40. The van der Waals surface area contributed by atoms with Crippen LogP contribution in [-0.4, -0.2) is 38.3 Å². The summed E-state index contributed by atoms with van der Waals surface area (Å²) in [5, 5.41) is 2.72. The Morgan fingerprint density at radius 3 is 2.20 bits per heavy atom. The van der Waals surface area contributed by atoms with Gasteiger partial charge >= 0.3 is 0 Å². The summed E-state index contributed by atoms with van der Waals surface area (Å²) < 4.78 is 24.9. The number of nitrogens with zero attached hydrogens (tertiary/aromatic N) is 1. The van der Waals surface area contributed by atoms with Gasteiger partial charge in [-0.1, -0.05) is 0 Å². The van der Waals surface area contributed by atoms with Crippen molar-refractivity contribution in [1.29, 1.82) is 0 Å². The summed E-state index contributed by atoms with van der Waals surface area (Å²) in [6, 6.07) is 6.07. The van der Waals surface area contributed by atoms with Crippen LogP contribution < -0.4 is 11.1 Å². The minimum atomic E-state index is -3.45. The van der Waals surface area contributed by atoms with E-state index in [4.69, 9.17) is 5.73 Å². The van der Waals surface area contributed by atoms with Crippen LogP contribution in [0.1, 0.15) is 19.3 Å². The maximum atomic E-state index is 11.9. The van der Waals surface area contributed by atoms with E-state index in [9.17, 15) is 13.2 Å². The fraction of sp³-hybridized carbons (Fsp3) is 0.462. The molecule has 1 aromatic rings. The van der Waals surface area contributed by atoms with E-state index in [0.29, 0.717) is 18.5 Å². The molecule has 0 atom stereocenters. The molecule has 20 heavy (non-hydrogen) atoms. The molecule has 1 fully saturated rings. The number of carbonyl (C=O) groups excluding carboxylic acids is 1. The highest BCUT2D eigenvalue weighted by Crippen LogP contribution is 2.30. The molecular formula is C13H19N3O3S. The monoisotopic (exact) mass is 297 g/mol. The van der Waals surface area contributed by atoms with E-state index in [1.165, 1.54) is 26.2 Å². The summed E-state index contributed by atoms with van der Waals surface area (Å²) in [6.45, 7) is 0. The fourth-order valence-electron chi connectivity index (χ4n) is 1.96. The molecule has 0 aliphatic heterocycles. The third-order valence-corrected chi connectivity index (χ3v) is 5.42. The van der Waals surface area contributed by atoms with E-state index in [0.717, 1.165) is 10.7 Å². The smallest absolute Gasteiger partial charge is 0.244 e. The number of nitrogens with one attached hydrogen (secondary N) is 1. The predicted octanol–water partition coefficient (Wildman–Crippen LogP) is 0.757. The van der Waals surface area contributed by atoms with E-state index in [-0.39, 0.29) is 10.8 Å². The molecule has 3 N–H and O–H groups in total. The number of sulfonamides is 1. The predicted molar refractivity (Wildman–Crippen MR) is 76.7 cm³/mol. The first-order chi connectivity index (χ1) is 9.25. The number of amides is 1. The molecule has 0 radical (unpaired) electrons. The van der Waals surface area contributed by atoms with Gasteiger partial charge in [-0.3, -0.25) is 4.79 Å². The summed E-state index contributed by atoms with van der Waals surface area (Å²) in [5.41, 5.74) is 5.69. The zero-order valence-electron chi connectivity index (χ0n) is 11.6. The lowest BCUT2D eigenvalue weighted by Crippen LogP contribution is -2.56. The average Bonchev–Trinajstić information content (AvgIpc) is 2.36. The van der Waals surface area contributed by atoms with Gasteiger partial charge in [0, 0.05) is 19.8 Å². The van der Waals surface area contributed by atoms with Gasteiger partial charge in [-0.25, -0.2) is 12.7 Å². The van der Waals surface area contributed by atoms with Crippen molar-refractivity contribution in [3.05, 3.63) is 24.3 Å². The Balaban J connectivity index is 2.11. The minimum Gasteiger partial charge on any atom is -0.324 e. The minimum absolute atomic E-state index is 0.187. The standard InChI is InChI=1S/C13H19N3O3S/c1-16(2)20(18,19)11-6-4-10(5-7-11)15-12(17)13(14)8-3-9-13/h4-7H,3,8-9,14H2,1-2H3,(H,15,17). The molecule has 1 saturated carbocycles. The lowest BCUT2D eigenvalue weighted by atomic mass is 9.77. The number of anilines is 1. The van der Waals surface area contributed by atoms with E-state index in [1.54, 1.807) is 12.1 Å². The largest absolute Gasteiger partial charge is 0.324 e. The van der Waals surface area contributed by atoms with E-state index < -0.39 is 15.6 Å². The molecule has 110 valence electrons. The second kappa shape index (κ2) is 5.16. The van der Waals surface area contributed by atoms with Crippen LogP contribution in [0.5, 0.6) is 0 Å². The van der Waals surface area contributed by atoms with E-state index in [2.05, 4.69) is 5.32 Å². The Morgan fingerprint density at radius 2 is 1.80 bits per heavy atom. The third-order valence-electron chi connectivity index (χ3n) is 3.59. The lowest BCUT2D eigenvalue weighted by molar-refractivity contribution is -0.123. The fourth-order valence-corrected chi connectivity index (χ4v) is 2.86.